The first-order valence-corrected chi connectivity index (χ1v) is 20.1. The number of cyclic esters (lactones) is 1. The minimum absolute atomic E-state index is 0.0407. The zero-order valence-corrected chi connectivity index (χ0v) is 34.1. The van der Waals surface area contributed by atoms with Gasteiger partial charge in [0.05, 0.1) is 36.4 Å². The maximum atomic E-state index is 14.6. The molecule has 3 fully saturated rings. The molecule has 0 aromatic heterocycles. The van der Waals surface area contributed by atoms with Gasteiger partial charge in [-0.15, -0.1) is 11.8 Å². The Morgan fingerprint density at radius 3 is 2.31 bits per heavy atom. The lowest BCUT2D eigenvalue weighted by Gasteiger charge is -2.48. The summed E-state index contributed by atoms with van der Waals surface area (Å²) in [5, 5.41) is 25.4. The number of esters is 1. The number of nitrogens with zero attached hydrogens (tertiary/aromatic N) is 1. The lowest BCUT2D eigenvalue weighted by Crippen LogP contribution is -2.60. The van der Waals surface area contributed by atoms with Gasteiger partial charge in [0.25, 0.3) is 0 Å². The van der Waals surface area contributed by atoms with Crippen molar-refractivity contribution < 1.29 is 43.5 Å². The number of hydrogen-bond acceptors (Lipinski definition) is 11. The first-order valence-electron chi connectivity index (χ1n) is 19.1. The quantitative estimate of drug-likeness (QED) is 0.240. The molecule has 294 valence electrons. The van der Waals surface area contributed by atoms with E-state index in [1.54, 1.807) is 32.7 Å². The zero-order chi connectivity index (χ0) is 38.5. The molecule has 3 aliphatic rings. The molecule has 3 heterocycles. The summed E-state index contributed by atoms with van der Waals surface area (Å²) in [7, 11) is 5.39. The Hall–Kier alpha value is -1.83. The van der Waals surface area contributed by atoms with Crippen molar-refractivity contribution in [1.29, 1.82) is 0 Å². The molecular formula is C41H65NO9S. The largest absolute Gasteiger partial charge is 0.459 e. The average Bonchev–Trinajstić information content (AvgIpc) is 3.46. The fourth-order valence-corrected chi connectivity index (χ4v) is 9.78. The minimum Gasteiger partial charge on any atom is -0.459 e. The molecule has 10 nitrogen and oxygen atoms in total. The standard InChI is InChI=1S/C41H65NO9S/c1-12-32-41(8)33(30(22-48-41)23-52-19-18-29-16-14-13-15-17-29)26(4)34(43)24(2)21-40(7,47-11)37(27(5)35(44)28(6)38(46)50-32)51-39-36(45)31(42(9)10)20-25(3)49-39/h13-17,23-28,31-33,35-37,39,44-45H,12,18-22H2,1-11H3/b30-23-/t24-,25-,26?,27+,28-,31+,32-,33-,35+,36-,37-,39+,40-,41-/m1/s1. The highest BCUT2D eigenvalue weighted by atomic mass is 32.2. The number of ether oxygens (including phenoxy) is 5. The number of carbonyl (C=O) groups excluding carboxylic acids is 2. The van der Waals surface area contributed by atoms with Crippen LogP contribution in [0.3, 0.4) is 0 Å². The SMILES string of the molecule is CC[C@H]1OC(=O)[C@H](C)[C@@H](O)[C@H](C)[C@@H](O[C@@H]2O[C@H](C)C[C@H](N(C)C)[C@H]2O)[C@](C)(OC)C[C@@H](C)C(=O)C(C)[C@@H]2/C(=C\SCCc3ccccc3)CO[C@]12C. The van der Waals surface area contributed by atoms with Crippen molar-refractivity contribution in [2.24, 2.45) is 29.6 Å². The molecule has 0 saturated carbocycles. The summed E-state index contributed by atoms with van der Waals surface area (Å²) < 4.78 is 31.9. The van der Waals surface area contributed by atoms with Crippen LogP contribution in [0.15, 0.2) is 41.3 Å². The number of aliphatic hydroxyl groups excluding tert-OH is 2. The van der Waals surface area contributed by atoms with Crippen molar-refractivity contribution in [1.82, 2.24) is 4.90 Å². The van der Waals surface area contributed by atoms with E-state index in [-0.39, 0.29) is 30.3 Å². The molecule has 3 aliphatic heterocycles. The van der Waals surface area contributed by atoms with E-state index in [2.05, 4.69) is 17.5 Å². The molecule has 1 aromatic carbocycles. The predicted octanol–water partition coefficient (Wildman–Crippen LogP) is 5.67. The van der Waals surface area contributed by atoms with E-state index >= 15 is 0 Å². The second-order valence-electron chi connectivity index (χ2n) is 16.2. The molecule has 0 bridgehead atoms. The monoisotopic (exact) mass is 747 g/mol. The van der Waals surface area contributed by atoms with Crippen LogP contribution in [0.4, 0.5) is 0 Å². The lowest BCUT2D eigenvalue weighted by atomic mass is 9.69. The van der Waals surface area contributed by atoms with E-state index in [1.165, 1.54) is 5.56 Å². The van der Waals surface area contributed by atoms with Crippen LogP contribution >= 0.6 is 11.8 Å². The summed E-state index contributed by atoms with van der Waals surface area (Å²) in [5.74, 6) is -2.53. The summed E-state index contributed by atoms with van der Waals surface area (Å²) in [6, 6.07) is 10.1. The fraction of sp³-hybridized carbons (Fsp3) is 0.756. The van der Waals surface area contributed by atoms with Gasteiger partial charge in [0.15, 0.2) is 6.29 Å². The summed E-state index contributed by atoms with van der Waals surface area (Å²) in [6.07, 6.45) is -2.66. The van der Waals surface area contributed by atoms with Gasteiger partial charge in [-0.05, 0) is 84.0 Å². The molecule has 52 heavy (non-hydrogen) atoms. The van der Waals surface area contributed by atoms with E-state index in [4.69, 9.17) is 23.7 Å². The van der Waals surface area contributed by atoms with Crippen LogP contribution in [-0.4, -0.2) is 114 Å². The number of methoxy groups -OCH3 is 1. The maximum Gasteiger partial charge on any atom is 0.311 e. The molecule has 3 saturated heterocycles. The Morgan fingerprint density at radius 2 is 1.69 bits per heavy atom. The van der Waals surface area contributed by atoms with Crippen molar-refractivity contribution in [2.45, 2.75) is 135 Å². The number of benzene rings is 1. The average molecular weight is 748 g/mol. The van der Waals surface area contributed by atoms with Crippen LogP contribution in [0.2, 0.25) is 0 Å². The van der Waals surface area contributed by atoms with Crippen molar-refractivity contribution in [3.8, 4) is 0 Å². The Labute approximate surface area is 316 Å². The van der Waals surface area contributed by atoms with Crippen LogP contribution in [0, 0.1) is 29.6 Å². The number of Topliss-reactive ketones (excluding diaryl/α,β-unsaturated/α-hetero) is 1. The van der Waals surface area contributed by atoms with Crippen molar-refractivity contribution in [3.63, 3.8) is 0 Å². The number of likely N-dealkylation sites (N-methyl/N-ethyl adjacent to an activating group) is 1. The van der Waals surface area contributed by atoms with Crippen molar-refractivity contribution in [3.05, 3.63) is 46.9 Å². The van der Waals surface area contributed by atoms with Crippen LogP contribution in [0.1, 0.15) is 80.2 Å². The number of ketones is 1. The number of hydrogen-bond donors (Lipinski definition) is 2. The third kappa shape index (κ3) is 9.33. The highest BCUT2D eigenvalue weighted by Gasteiger charge is 2.56. The van der Waals surface area contributed by atoms with Gasteiger partial charge in [-0.25, -0.2) is 0 Å². The van der Waals surface area contributed by atoms with Gasteiger partial charge in [-0.3, -0.25) is 9.59 Å². The normalized spacial score (nSPS) is 41.8. The molecule has 0 amide bonds. The second-order valence-corrected chi connectivity index (χ2v) is 17.1. The van der Waals surface area contributed by atoms with Gasteiger partial charge in [-0.1, -0.05) is 58.0 Å². The molecular weight excluding hydrogens is 683 g/mol. The van der Waals surface area contributed by atoms with Gasteiger partial charge >= 0.3 is 5.97 Å². The maximum absolute atomic E-state index is 14.6. The van der Waals surface area contributed by atoms with Gasteiger partial charge in [0, 0.05) is 42.6 Å². The summed E-state index contributed by atoms with van der Waals surface area (Å²) in [5.41, 5.74) is 0.198. The number of carbonyl (C=O) groups is 2. The highest BCUT2D eigenvalue weighted by Crippen LogP contribution is 2.48. The third-order valence-electron chi connectivity index (χ3n) is 12.1. The summed E-state index contributed by atoms with van der Waals surface area (Å²) in [4.78, 5) is 30.5. The molecule has 4 rings (SSSR count). The van der Waals surface area contributed by atoms with Crippen molar-refractivity contribution in [2.75, 3.05) is 33.6 Å². The lowest BCUT2D eigenvalue weighted by molar-refractivity contribution is -0.301. The fourth-order valence-electron chi connectivity index (χ4n) is 8.88. The smallest absolute Gasteiger partial charge is 0.311 e. The Bertz CT molecular complexity index is 1360. The van der Waals surface area contributed by atoms with E-state index in [9.17, 15) is 19.8 Å². The first kappa shape index (κ1) is 42.9. The van der Waals surface area contributed by atoms with E-state index in [0.717, 1.165) is 17.7 Å². The molecule has 11 heteroatoms. The number of aliphatic hydroxyl groups is 2. The predicted molar refractivity (Wildman–Crippen MR) is 204 cm³/mol. The number of thioether (sulfide) groups is 1. The topological polar surface area (TPSA) is 124 Å². The number of aryl methyl sites for hydroxylation is 1. The highest BCUT2D eigenvalue weighted by molar-refractivity contribution is 8.02. The molecule has 1 aromatic rings. The Morgan fingerprint density at radius 1 is 1.02 bits per heavy atom. The molecule has 0 aliphatic carbocycles. The van der Waals surface area contributed by atoms with Crippen LogP contribution in [-0.2, 0) is 39.7 Å². The zero-order valence-electron chi connectivity index (χ0n) is 33.2. The first-order chi connectivity index (χ1) is 24.5. The minimum atomic E-state index is -1.20. The Balaban J connectivity index is 1.71. The van der Waals surface area contributed by atoms with Crippen LogP contribution in [0.25, 0.3) is 0 Å². The van der Waals surface area contributed by atoms with Crippen LogP contribution in [0.5, 0.6) is 0 Å². The van der Waals surface area contributed by atoms with E-state index in [0.29, 0.717) is 19.4 Å². The van der Waals surface area contributed by atoms with Gasteiger partial charge in [0.2, 0.25) is 0 Å². The van der Waals surface area contributed by atoms with Gasteiger partial charge < -0.3 is 38.8 Å². The molecule has 0 spiro atoms. The third-order valence-corrected chi connectivity index (χ3v) is 13.0. The van der Waals surface area contributed by atoms with E-state index in [1.807, 2.05) is 78.7 Å². The van der Waals surface area contributed by atoms with Gasteiger partial charge in [0.1, 0.15) is 23.6 Å². The Kier molecular flexibility index (Phi) is 15.0. The second kappa shape index (κ2) is 18.2. The molecule has 2 N–H and O–H groups in total. The number of rotatable bonds is 9. The van der Waals surface area contributed by atoms with E-state index < -0.39 is 71.5 Å². The summed E-state index contributed by atoms with van der Waals surface area (Å²) in [6.45, 7) is 15.4. The molecule has 0 radical (unpaired) electrons. The summed E-state index contributed by atoms with van der Waals surface area (Å²) >= 11 is 1.71. The molecule has 1 unspecified atom stereocenters. The van der Waals surface area contributed by atoms with Crippen LogP contribution < -0.4 is 0 Å². The molecule has 14 atom stereocenters. The number of fused-ring (bicyclic) bond motifs is 1. The van der Waals surface area contributed by atoms with Gasteiger partial charge in [-0.2, -0.15) is 0 Å². The van der Waals surface area contributed by atoms with Crippen molar-refractivity contribution >= 4 is 23.5 Å².